The summed E-state index contributed by atoms with van der Waals surface area (Å²) >= 11 is 6.05. The first kappa shape index (κ1) is 21.0. The number of halogens is 2. The summed E-state index contributed by atoms with van der Waals surface area (Å²) in [7, 11) is -2.32. The van der Waals surface area contributed by atoms with Gasteiger partial charge in [-0.1, -0.05) is 18.5 Å². The predicted octanol–water partition coefficient (Wildman–Crippen LogP) is 3.67. The van der Waals surface area contributed by atoms with Gasteiger partial charge in [-0.3, -0.25) is 9.10 Å². The highest BCUT2D eigenvalue weighted by Gasteiger charge is 2.31. The van der Waals surface area contributed by atoms with Gasteiger partial charge in [0.2, 0.25) is 15.9 Å². The van der Waals surface area contributed by atoms with Gasteiger partial charge in [0.05, 0.1) is 24.1 Å². The Bertz CT molecular complexity index is 919. The maximum atomic E-state index is 13.2. The molecule has 0 aliphatic rings. The number of carbonyl (C=O) groups excluding carboxylic acids is 1. The van der Waals surface area contributed by atoms with Gasteiger partial charge in [0.25, 0.3) is 0 Å². The van der Waals surface area contributed by atoms with Crippen LogP contribution < -0.4 is 14.4 Å². The number of rotatable bonds is 7. The lowest BCUT2D eigenvalue weighted by atomic mass is 10.1. The maximum Gasteiger partial charge on any atom is 0.248 e. The minimum atomic E-state index is -3.79. The van der Waals surface area contributed by atoms with Gasteiger partial charge in [-0.2, -0.15) is 0 Å². The highest BCUT2D eigenvalue weighted by molar-refractivity contribution is 7.92. The lowest BCUT2D eigenvalue weighted by Gasteiger charge is -2.30. The molecule has 0 saturated carbocycles. The molecule has 0 unspecified atom stereocenters. The van der Waals surface area contributed by atoms with E-state index in [9.17, 15) is 17.6 Å². The van der Waals surface area contributed by atoms with E-state index in [1.54, 1.807) is 19.1 Å². The number of hydrogen-bond donors (Lipinski definition) is 1. The van der Waals surface area contributed by atoms with Crippen LogP contribution in [0.15, 0.2) is 42.5 Å². The Balaban J connectivity index is 2.34. The number of nitrogens with zero attached hydrogens (tertiary/aromatic N) is 1. The molecule has 1 atom stereocenters. The first-order chi connectivity index (χ1) is 12.7. The average Bonchev–Trinajstić information content (AvgIpc) is 2.59. The second-order valence-corrected chi connectivity index (χ2v) is 8.06. The number of anilines is 2. The summed E-state index contributed by atoms with van der Waals surface area (Å²) in [6.07, 6.45) is 1.21. The van der Waals surface area contributed by atoms with E-state index in [1.807, 2.05) is 0 Å². The highest BCUT2D eigenvalue weighted by atomic mass is 35.5. The molecule has 9 heteroatoms. The number of ether oxygens (including phenoxy) is 1. The summed E-state index contributed by atoms with van der Waals surface area (Å²) in [5.74, 6) is -0.586. The van der Waals surface area contributed by atoms with Crippen LogP contribution in [-0.2, 0) is 14.8 Å². The zero-order valence-corrected chi connectivity index (χ0v) is 16.6. The van der Waals surface area contributed by atoms with Gasteiger partial charge < -0.3 is 10.1 Å². The smallest absolute Gasteiger partial charge is 0.248 e. The molecule has 1 N–H and O–H groups in total. The monoisotopic (exact) mass is 414 g/mol. The van der Waals surface area contributed by atoms with Gasteiger partial charge in [0, 0.05) is 5.69 Å². The largest absolute Gasteiger partial charge is 0.495 e. The second kappa shape index (κ2) is 8.58. The third-order valence-corrected chi connectivity index (χ3v) is 5.31. The van der Waals surface area contributed by atoms with Crippen molar-refractivity contribution in [3.05, 3.63) is 53.3 Å². The summed E-state index contributed by atoms with van der Waals surface area (Å²) in [5.41, 5.74) is 0.602. The van der Waals surface area contributed by atoms with Crippen LogP contribution in [0, 0.1) is 5.82 Å². The van der Waals surface area contributed by atoms with Crippen molar-refractivity contribution >= 4 is 38.9 Å². The first-order valence-corrected chi connectivity index (χ1v) is 10.3. The highest BCUT2D eigenvalue weighted by Crippen LogP contribution is 2.28. The lowest BCUT2D eigenvalue weighted by molar-refractivity contribution is -0.117. The molecule has 0 fully saturated rings. The molecule has 6 nitrogen and oxygen atoms in total. The molecule has 27 heavy (non-hydrogen) atoms. The summed E-state index contributed by atoms with van der Waals surface area (Å²) in [5, 5.41) is 2.97. The predicted molar refractivity (Wildman–Crippen MR) is 104 cm³/mol. The van der Waals surface area contributed by atoms with E-state index < -0.39 is 27.8 Å². The zero-order valence-electron chi connectivity index (χ0n) is 15.1. The summed E-state index contributed by atoms with van der Waals surface area (Å²) < 4.78 is 43.9. The molecule has 0 heterocycles. The topological polar surface area (TPSA) is 75.7 Å². The summed E-state index contributed by atoms with van der Waals surface area (Å²) in [6.45, 7) is 1.69. The molecule has 0 radical (unpaired) electrons. The molecule has 146 valence electrons. The van der Waals surface area contributed by atoms with E-state index in [0.717, 1.165) is 22.7 Å². The molecule has 2 rings (SSSR count). The van der Waals surface area contributed by atoms with E-state index in [1.165, 1.54) is 25.3 Å². The van der Waals surface area contributed by atoms with Crippen LogP contribution in [0.2, 0.25) is 5.02 Å². The molecular weight excluding hydrogens is 395 g/mol. The van der Waals surface area contributed by atoms with Crippen molar-refractivity contribution in [1.82, 2.24) is 0 Å². The van der Waals surface area contributed by atoms with E-state index >= 15 is 0 Å². The third-order valence-electron chi connectivity index (χ3n) is 3.83. The van der Waals surface area contributed by atoms with Gasteiger partial charge in [-0.15, -0.1) is 0 Å². The minimum absolute atomic E-state index is 0.202. The van der Waals surface area contributed by atoms with Crippen LogP contribution in [0.3, 0.4) is 0 Å². The Kier molecular flexibility index (Phi) is 6.67. The van der Waals surface area contributed by atoms with Gasteiger partial charge in [0.15, 0.2) is 0 Å². The van der Waals surface area contributed by atoms with Crippen molar-refractivity contribution in [2.24, 2.45) is 0 Å². The van der Waals surface area contributed by atoms with E-state index in [2.05, 4.69) is 5.32 Å². The summed E-state index contributed by atoms with van der Waals surface area (Å²) in [4.78, 5) is 12.8. The number of nitrogens with one attached hydrogen (secondary N) is 1. The first-order valence-electron chi connectivity index (χ1n) is 8.06. The fourth-order valence-electron chi connectivity index (χ4n) is 2.62. The van der Waals surface area contributed by atoms with Crippen LogP contribution in [0.5, 0.6) is 5.75 Å². The Labute approximate surface area is 162 Å². The number of sulfonamides is 1. The van der Waals surface area contributed by atoms with Crippen LogP contribution in [0.25, 0.3) is 0 Å². The third kappa shape index (κ3) is 5.11. The number of carbonyl (C=O) groups is 1. The number of methoxy groups -OCH3 is 1. The molecule has 2 aromatic carbocycles. The van der Waals surface area contributed by atoms with Gasteiger partial charge >= 0.3 is 0 Å². The van der Waals surface area contributed by atoms with E-state index in [-0.39, 0.29) is 12.1 Å². The van der Waals surface area contributed by atoms with Crippen molar-refractivity contribution in [2.75, 3.05) is 23.0 Å². The quantitative estimate of drug-likeness (QED) is 0.750. The number of hydrogen-bond acceptors (Lipinski definition) is 4. The Morgan fingerprint density at radius 1 is 1.26 bits per heavy atom. The fourth-order valence-corrected chi connectivity index (χ4v) is 4.09. The van der Waals surface area contributed by atoms with Crippen LogP contribution >= 0.6 is 11.6 Å². The fraction of sp³-hybridized carbons (Fsp3) is 0.278. The van der Waals surface area contributed by atoms with E-state index in [4.69, 9.17) is 16.3 Å². The molecule has 0 saturated heterocycles. The maximum absolute atomic E-state index is 13.2. The molecule has 0 aliphatic carbocycles. The van der Waals surface area contributed by atoms with Crippen molar-refractivity contribution in [1.29, 1.82) is 0 Å². The van der Waals surface area contributed by atoms with Crippen LogP contribution in [-0.4, -0.2) is 33.7 Å². The molecule has 0 spiro atoms. The van der Waals surface area contributed by atoms with Crippen molar-refractivity contribution in [3.8, 4) is 5.75 Å². The molecule has 0 aromatic heterocycles. The average molecular weight is 415 g/mol. The Hall–Kier alpha value is -2.32. The molecule has 0 aliphatic heterocycles. The second-order valence-electron chi connectivity index (χ2n) is 5.80. The normalized spacial score (nSPS) is 12.3. The van der Waals surface area contributed by atoms with Crippen molar-refractivity contribution in [3.63, 3.8) is 0 Å². The SMILES string of the molecule is CC[C@@H](C(=O)Nc1ccc(OC)c(Cl)c1)N(c1ccc(F)cc1)S(C)(=O)=O. The van der Waals surface area contributed by atoms with Gasteiger partial charge in [-0.05, 0) is 48.9 Å². The molecule has 2 aromatic rings. The lowest BCUT2D eigenvalue weighted by Crippen LogP contribution is -2.47. The van der Waals surface area contributed by atoms with Crippen LogP contribution in [0.4, 0.5) is 15.8 Å². The summed E-state index contributed by atoms with van der Waals surface area (Å²) in [6, 6.07) is 8.58. The standard InChI is InChI=1S/C18H20ClFN2O4S/c1-4-16(18(23)21-13-7-10-17(26-2)15(19)11-13)22(27(3,24)25)14-8-5-12(20)6-9-14/h5-11,16H,4H2,1-3H3,(H,21,23)/t16-/m0/s1. The van der Waals surface area contributed by atoms with Crippen molar-refractivity contribution < 1.29 is 22.3 Å². The van der Waals surface area contributed by atoms with Crippen molar-refractivity contribution in [2.45, 2.75) is 19.4 Å². The number of amides is 1. The zero-order chi connectivity index (χ0) is 20.2. The number of benzene rings is 2. The minimum Gasteiger partial charge on any atom is -0.495 e. The molecular formula is C18H20ClFN2O4S. The van der Waals surface area contributed by atoms with Crippen LogP contribution in [0.1, 0.15) is 13.3 Å². The Morgan fingerprint density at radius 3 is 2.37 bits per heavy atom. The van der Waals surface area contributed by atoms with Gasteiger partial charge in [-0.25, -0.2) is 12.8 Å². The van der Waals surface area contributed by atoms with E-state index in [0.29, 0.717) is 16.5 Å². The van der Waals surface area contributed by atoms with Gasteiger partial charge in [0.1, 0.15) is 17.6 Å². The Morgan fingerprint density at radius 2 is 1.89 bits per heavy atom. The molecule has 1 amide bonds. The molecule has 0 bridgehead atoms.